The van der Waals surface area contributed by atoms with E-state index in [2.05, 4.69) is 15.5 Å². The number of sulfonamides is 1. The van der Waals surface area contributed by atoms with Crippen molar-refractivity contribution < 1.29 is 23.4 Å². The molecule has 0 unspecified atom stereocenters. The number of carbonyl (C=O) groups is 1. The van der Waals surface area contributed by atoms with Crippen LogP contribution in [0.15, 0.2) is 40.5 Å². The van der Waals surface area contributed by atoms with Gasteiger partial charge in [-0.25, -0.2) is 13.8 Å². The van der Waals surface area contributed by atoms with E-state index in [0.717, 1.165) is 9.87 Å². The van der Waals surface area contributed by atoms with Gasteiger partial charge in [-0.05, 0) is 26.0 Å². The molecule has 1 heterocycles. The Hall–Kier alpha value is -2.82. The first-order chi connectivity index (χ1) is 13.2. The third-order valence-corrected chi connectivity index (χ3v) is 5.82. The number of nitrogens with zero attached hydrogens (tertiary/aromatic N) is 3. The fourth-order valence-corrected chi connectivity index (χ4v) is 3.43. The van der Waals surface area contributed by atoms with Crippen LogP contribution < -0.4 is 5.43 Å². The fourth-order valence-electron chi connectivity index (χ4n) is 2.30. The number of aromatic hydroxyl groups is 1. The molecule has 0 radical (unpaired) electrons. The minimum atomic E-state index is -3.81. The van der Waals surface area contributed by atoms with E-state index in [-0.39, 0.29) is 22.8 Å². The molecule has 0 atom stereocenters. The van der Waals surface area contributed by atoms with Gasteiger partial charge in [0.15, 0.2) is 0 Å². The van der Waals surface area contributed by atoms with E-state index in [4.69, 9.17) is 0 Å². The van der Waals surface area contributed by atoms with Crippen LogP contribution in [0.3, 0.4) is 0 Å². The molecule has 3 N–H and O–H groups in total. The monoisotopic (exact) mass is 406 g/mol. The number of hydrazone groups is 1. The summed E-state index contributed by atoms with van der Waals surface area (Å²) >= 11 is 0. The number of likely N-dealkylation sites (N-methyl/N-ethyl adjacent to an activating group) is 1. The number of nitrogens with one attached hydrogen (secondary N) is 1. The molecule has 1 aromatic carbocycles. The van der Waals surface area contributed by atoms with Gasteiger partial charge in [0, 0.05) is 24.4 Å². The topological polar surface area (TPSA) is 132 Å². The van der Waals surface area contributed by atoms with Crippen LogP contribution in [0.4, 0.5) is 0 Å². The number of aliphatic hydroxyl groups is 1. The first-order valence-corrected chi connectivity index (χ1v) is 9.74. The molecule has 1 amide bonds. The quantitative estimate of drug-likeness (QED) is 0.457. The van der Waals surface area contributed by atoms with Gasteiger partial charge in [0.1, 0.15) is 5.75 Å². The molecule has 0 aliphatic heterocycles. The summed E-state index contributed by atoms with van der Waals surface area (Å²) in [7, 11) is -2.52. The molecule has 0 aliphatic carbocycles. The average molecular weight is 406 g/mol. The Balaban J connectivity index is 2.05. The lowest BCUT2D eigenvalue weighted by Crippen LogP contribution is -2.36. The van der Waals surface area contributed by atoms with Crippen LogP contribution in [-0.2, 0) is 21.4 Å². The molecule has 1 aromatic heterocycles. The van der Waals surface area contributed by atoms with Crippen LogP contribution in [0.5, 0.6) is 5.75 Å². The maximum absolute atomic E-state index is 12.5. The SMILES string of the molecule is Cc1ccc(S(=O)(=O)N(C)CC(=O)N/N=C/c2c(CO)cnc(C)c2O)cc1. The zero-order valence-electron chi connectivity index (χ0n) is 15.7. The maximum Gasteiger partial charge on any atom is 0.255 e. The fraction of sp³-hybridized carbons (Fsp3) is 0.278. The zero-order valence-corrected chi connectivity index (χ0v) is 16.6. The van der Waals surface area contributed by atoms with E-state index in [1.165, 1.54) is 31.6 Å². The van der Waals surface area contributed by atoms with E-state index < -0.39 is 22.5 Å². The first kappa shape index (κ1) is 21.5. The van der Waals surface area contributed by atoms with Gasteiger partial charge in [0.05, 0.1) is 30.0 Å². The minimum Gasteiger partial charge on any atom is -0.505 e. The second-order valence-electron chi connectivity index (χ2n) is 6.16. The number of hydrogen-bond donors (Lipinski definition) is 3. The number of rotatable bonds is 7. The van der Waals surface area contributed by atoms with Crippen LogP contribution in [0, 0.1) is 13.8 Å². The van der Waals surface area contributed by atoms with Gasteiger partial charge >= 0.3 is 0 Å². The molecule has 2 aromatic rings. The lowest BCUT2D eigenvalue weighted by Gasteiger charge is -2.16. The second-order valence-corrected chi connectivity index (χ2v) is 8.20. The van der Waals surface area contributed by atoms with E-state index in [9.17, 15) is 23.4 Å². The highest BCUT2D eigenvalue weighted by Gasteiger charge is 2.22. The largest absolute Gasteiger partial charge is 0.505 e. The number of benzene rings is 1. The van der Waals surface area contributed by atoms with Gasteiger partial charge in [-0.1, -0.05) is 17.7 Å². The highest BCUT2D eigenvalue weighted by Crippen LogP contribution is 2.21. The highest BCUT2D eigenvalue weighted by atomic mass is 32.2. The van der Waals surface area contributed by atoms with Gasteiger partial charge in [0.25, 0.3) is 5.91 Å². The first-order valence-electron chi connectivity index (χ1n) is 8.30. The molecule has 0 saturated carbocycles. The number of carbonyl (C=O) groups excluding carboxylic acids is 1. The molecule has 28 heavy (non-hydrogen) atoms. The van der Waals surface area contributed by atoms with E-state index in [1.807, 2.05) is 6.92 Å². The number of pyridine rings is 1. The van der Waals surface area contributed by atoms with E-state index in [1.54, 1.807) is 19.1 Å². The summed E-state index contributed by atoms with van der Waals surface area (Å²) in [6, 6.07) is 6.30. The van der Waals surface area contributed by atoms with Gasteiger partial charge in [0.2, 0.25) is 10.0 Å². The molecule has 10 heteroatoms. The molecule has 0 spiro atoms. The predicted molar refractivity (Wildman–Crippen MR) is 103 cm³/mol. The van der Waals surface area contributed by atoms with Gasteiger partial charge in [-0.3, -0.25) is 9.78 Å². The average Bonchev–Trinajstić information content (AvgIpc) is 2.65. The summed E-state index contributed by atoms with van der Waals surface area (Å²) in [6.45, 7) is 2.61. The number of hydrogen-bond acceptors (Lipinski definition) is 7. The molecular weight excluding hydrogens is 384 g/mol. The van der Waals surface area contributed by atoms with Crippen LogP contribution in [0.25, 0.3) is 0 Å². The number of aryl methyl sites for hydroxylation is 2. The van der Waals surface area contributed by atoms with Crippen LogP contribution in [0.1, 0.15) is 22.4 Å². The highest BCUT2D eigenvalue weighted by molar-refractivity contribution is 7.89. The molecule has 0 aliphatic rings. The Bertz CT molecular complexity index is 988. The smallest absolute Gasteiger partial charge is 0.255 e. The summed E-state index contributed by atoms with van der Waals surface area (Å²) < 4.78 is 25.9. The lowest BCUT2D eigenvalue weighted by atomic mass is 10.1. The third kappa shape index (κ3) is 4.91. The Morgan fingerprint density at radius 2 is 1.93 bits per heavy atom. The maximum atomic E-state index is 12.5. The Kier molecular flexibility index (Phi) is 6.84. The Morgan fingerprint density at radius 1 is 1.29 bits per heavy atom. The van der Waals surface area contributed by atoms with Crippen molar-refractivity contribution in [2.75, 3.05) is 13.6 Å². The van der Waals surface area contributed by atoms with Crippen molar-refractivity contribution >= 4 is 22.1 Å². The van der Waals surface area contributed by atoms with E-state index >= 15 is 0 Å². The van der Waals surface area contributed by atoms with Crippen molar-refractivity contribution in [3.8, 4) is 5.75 Å². The normalized spacial score (nSPS) is 11.9. The van der Waals surface area contributed by atoms with Gasteiger partial charge in [-0.15, -0.1) is 0 Å². The summed E-state index contributed by atoms with van der Waals surface area (Å²) in [6.07, 6.45) is 2.56. The molecule has 0 saturated heterocycles. The van der Waals surface area contributed by atoms with Crippen molar-refractivity contribution in [2.24, 2.45) is 5.10 Å². The predicted octanol–water partition coefficient (Wildman–Crippen LogP) is 0.667. The van der Waals surface area contributed by atoms with Gasteiger partial charge in [-0.2, -0.15) is 9.41 Å². The summed E-state index contributed by atoms with van der Waals surface area (Å²) in [5.41, 5.74) is 4.02. The molecular formula is C18H22N4O5S. The Morgan fingerprint density at radius 3 is 2.54 bits per heavy atom. The zero-order chi connectivity index (χ0) is 20.9. The number of amides is 1. The van der Waals surface area contributed by atoms with Crippen molar-refractivity contribution in [1.82, 2.24) is 14.7 Å². The lowest BCUT2D eigenvalue weighted by molar-refractivity contribution is -0.121. The molecule has 0 fully saturated rings. The molecule has 0 bridgehead atoms. The summed E-state index contributed by atoms with van der Waals surface area (Å²) in [5.74, 6) is -0.825. The van der Waals surface area contributed by atoms with Crippen LogP contribution >= 0.6 is 0 Å². The standard InChI is InChI=1S/C18H22N4O5S/c1-12-4-6-15(7-5-12)28(26,27)22(3)10-17(24)21-20-9-16-14(11-23)8-19-13(2)18(16)25/h4-9,23,25H,10-11H2,1-3H3,(H,21,24)/b20-9+. The van der Waals surface area contributed by atoms with Crippen LogP contribution in [-0.4, -0.2) is 53.6 Å². The second kappa shape index (κ2) is 8.91. The minimum absolute atomic E-state index is 0.0849. The summed E-state index contributed by atoms with van der Waals surface area (Å²) in [4.78, 5) is 16.0. The van der Waals surface area contributed by atoms with E-state index in [0.29, 0.717) is 11.3 Å². The summed E-state index contributed by atoms with van der Waals surface area (Å²) in [5, 5.41) is 23.0. The molecule has 150 valence electrons. The number of aliphatic hydroxyl groups excluding tert-OH is 1. The Labute approximate surface area is 163 Å². The van der Waals surface area contributed by atoms with Gasteiger partial charge < -0.3 is 10.2 Å². The van der Waals surface area contributed by atoms with Crippen molar-refractivity contribution in [1.29, 1.82) is 0 Å². The van der Waals surface area contributed by atoms with Crippen molar-refractivity contribution in [2.45, 2.75) is 25.3 Å². The number of aromatic nitrogens is 1. The third-order valence-electron chi connectivity index (χ3n) is 4.01. The molecule has 9 nitrogen and oxygen atoms in total. The molecule has 2 rings (SSSR count). The van der Waals surface area contributed by atoms with Crippen molar-refractivity contribution in [3.63, 3.8) is 0 Å². The van der Waals surface area contributed by atoms with Crippen molar-refractivity contribution in [3.05, 3.63) is 52.8 Å². The van der Waals surface area contributed by atoms with Crippen LogP contribution in [0.2, 0.25) is 0 Å².